The van der Waals surface area contributed by atoms with Crippen LogP contribution in [0, 0.1) is 5.92 Å². The molecule has 1 aromatic carbocycles. The molecule has 0 radical (unpaired) electrons. The van der Waals surface area contributed by atoms with Gasteiger partial charge in [0, 0.05) is 6.04 Å². The Balaban J connectivity index is 2.34. The highest BCUT2D eigenvalue weighted by Crippen LogP contribution is 2.20. The zero-order valence-corrected chi connectivity index (χ0v) is 12.6. The molecule has 2 heteroatoms. The number of benzene rings is 1. The molecule has 2 nitrogen and oxygen atoms in total. The summed E-state index contributed by atoms with van der Waals surface area (Å²) in [7, 11) is 0. The van der Waals surface area contributed by atoms with Gasteiger partial charge < -0.3 is 0 Å². The number of nitrogens with two attached hydrogens (primary N) is 1. The second-order valence-electron chi connectivity index (χ2n) is 5.46. The molecule has 1 rings (SSSR count). The summed E-state index contributed by atoms with van der Waals surface area (Å²) in [5.41, 5.74) is 4.48. The van der Waals surface area contributed by atoms with Crippen molar-refractivity contribution in [3.8, 4) is 0 Å². The van der Waals surface area contributed by atoms with Crippen molar-refractivity contribution in [3.05, 3.63) is 35.9 Å². The lowest BCUT2D eigenvalue weighted by Crippen LogP contribution is -2.40. The third-order valence-corrected chi connectivity index (χ3v) is 4.06. The van der Waals surface area contributed by atoms with Gasteiger partial charge in [0.05, 0.1) is 0 Å². The summed E-state index contributed by atoms with van der Waals surface area (Å²) in [4.78, 5) is 0. The number of rotatable bonds is 10. The second kappa shape index (κ2) is 9.99. The van der Waals surface area contributed by atoms with E-state index in [4.69, 9.17) is 5.84 Å². The highest BCUT2D eigenvalue weighted by molar-refractivity contribution is 5.14. The van der Waals surface area contributed by atoms with Crippen LogP contribution in [0.5, 0.6) is 0 Å². The molecule has 0 aliphatic carbocycles. The van der Waals surface area contributed by atoms with E-state index in [9.17, 15) is 0 Å². The van der Waals surface area contributed by atoms with E-state index in [2.05, 4.69) is 49.6 Å². The molecule has 0 amide bonds. The van der Waals surface area contributed by atoms with Gasteiger partial charge in [0.15, 0.2) is 0 Å². The number of hydrogen-bond donors (Lipinski definition) is 2. The minimum atomic E-state index is 0.472. The lowest BCUT2D eigenvalue weighted by molar-refractivity contribution is 0.301. The van der Waals surface area contributed by atoms with Gasteiger partial charge in [-0.25, -0.2) is 0 Å². The van der Waals surface area contributed by atoms with Crippen molar-refractivity contribution in [2.24, 2.45) is 11.8 Å². The van der Waals surface area contributed by atoms with E-state index in [1.54, 1.807) is 0 Å². The van der Waals surface area contributed by atoms with Crippen molar-refractivity contribution in [2.45, 2.75) is 64.8 Å². The van der Waals surface area contributed by atoms with Gasteiger partial charge >= 0.3 is 0 Å². The third-order valence-electron chi connectivity index (χ3n) is 4.06. The molecule has 0 fully saturated rings. The molecule has 2 atom stereocenters. The first-order valence-electron chi connectivity index (χ1n) is 7.81. The normalized spacial score (nSPS) is 14.3. The summed E-state index contributed by atoms with van der Waals surface area (Å²) in [5, 5.41) is 0. The molecular weight excluding hydrogens is 232 g/mol. The predicted molar refractivity (Wildman–Crippen MR) is 83.8 cm³/mol. The summed E-state index contributed by atoms with van der Waals surface area (Å²) in [6.45, 7) is 4.54. The van der Waals surface area contributed by atoms with Crippen LogP contribution >= 0.6 is 0 Å². The van der Waals surface area contributed by atoms with Crippen molar-refractivity contribution >= 4 is 0 Å². The summed E-state index contributed by atoms with van der Waals surface area (Å²) in [6.07, 6.45) is 8.65. The maximum Gasteiger partial charge on any atom is 0.0238 e. The van der Waals surface area contributed by atoms with Gasteiger partial charge in [-0.15, -0.1) is 0 Å². The average Bonchev–Trinajstić information content (AvgIpc) is 2.47. The Morgan fingerprint density at radius 1 is 1.05 bits per heavy atom. The number of hydrogen-bond acceptors (Lipinski definition) is 2. The van der Waals surface area contributed by atoms with Gasteiger partial charge in [-0.2, -0.15) is 0 Å². The van der Waals surface area contributed by atoms with Gasteiger partial charge in [0.2, 0.25) is 0 Å². The first-order chi connectivity index (χ1) is 9.31. The Morgan fingerprint density at radius 3 is 2.37 bits per heavy atom. The maximum absolute atomic E-state index is 5.75. The van der Waals surface area contributed by atoms with Crippen molar-refractivity contribution in [2.75, 3.05) is 0 Å². The lowest BCUT2D eigenvalue weighted by atomic mass is 9.88. The molecule has 108 valence electrons. The van der Waals surface area contributed by atoms with Gasteiger partial charge in [-0.05, 0) is 37.2 Å². The quantitative estimate of drug-likeness (QED) is 0.493. The Morgan fingerprint density at radius 2 is 1.79 bits per heavy atom. The summed E-state index contributed by atoms with van der Waals surface area (Å²) in [6, 6.07) is 11.2. The zero-order valence-electron chi connectivity index (χ0n) is 12.6. The van der Waals surface area contributed by atoms with Crippen LogP contribution in [0.1, 0.15) is 57.9 Å². The van der Waals surface area contributed by atoms with Crippen LogP contribution in [0.25, 0.3) is 0 Å². The molecule has 0 saturated carbocycles. The van der Waals surface area contributed by atoms with E-state index < -0.39 is 0 Å². The summed E-state index contributed by atoms with van der Waals surface area (Å²) >= 11 is 0. The van der Waals surface area contributed by atoms with Crippen molar-refractivity contribution < 1.29 is 0 Å². The van der Waals surface area contributed by atoms with E-state index in [1.165, 1.54) is 44.1 Å². The number of hydrazine groups is 1. The van der Waals surface area contributed by atoms with Crippen LogP contribution in [-0.2, 0) is 6.42 Å². The molecule has 0 spiro atoms. The van der Waals surface area contributed by atoms with E-state index in [1.807, 2.05) is 0 Å². The second-order valence-corrected chi connectivity index (χ2v) is 5.46. The van der Waals surface area contributed by atoms with E-state index in [-0.39, 0.29) is 0 Å². The minimum Gasteiger partial charge on any atom is -0.271 e. The molecular formula is C17H30N2. The fourth-order valence-corrected chi connectivity index (χ4v) is 2.78. The molecule has 1 aromatic rings. The lowest BCUT2D eigenvalue weighted by Gasteiger charge is -2.25. The van der Waals surface area contributed by atoms with Crippen LogP contribution in [-0.4, -0.2) is 6.04 Å². The molecule has 0 aliphatic rings. The van der Waals surface area contributed by atoms with Crippen LogP contribution < -0.4 is 11.3 Å². The maximum atomic E-state index is 5.75. The van der Waals surface area contributed by atoms with Crippen molar-refractivity contribution in [1.29, 1.82) is 0 Å². The molecule has 19 heavy (non-hydrogen) atoms. The van der Waals surface area contributed by atoms with E-state index in [0.717, 1.165) is 12.3 Å². The van der Waals surface area contributed by atoms with Gasteiger partial charge in [-0.1, -0.05) is 63.4 Å². The Bertz CT molecular complexity index is 310. The standard InChI is InChI=1S/C17H30N2/c1-3-5-13-16(4-2)17(19-18)14-9-12-15-10-7-6-8-11-15/h6-8,10-11,16-17,19H,3-5,9,12-14,18H2,1-2H3. The van der Waals surface area contributed by atoms with Crippen LogP contribution in [0.3, 0.4) is 0 Å². The van der Waals surface area contributed by atoms with Crippen LogP contribution in [0.2, 0.25) is 0 Å². The van der Waals surface area contributed by atoms with E-state index >= 15 is 0 Å². The fourth-order valence-electron chi connectivity index (χ4n) is 2.78. The summed E-state index contributed by atoms with van der Waals surface area (Å²) in [5.74, 6) is 6.47. The molecule has 0 aromatic heterocycles. The molecule has 0 bridgehead atoms. The highest BCUT2D eigenvalue weighted by atomic mass is 15.2. The topological polar surface area (TPSA) is 38.0 Å². The van der Waals surface area contributed by atoms with Crippen molar-refractivity contribution in [3.63, 3.8) is 0 Å². The monoisotopic (exact) mass is 262 g/mol. The minimum absolute atomic E-state index is 0.472. The van der Waals surface area contributed by atoms with Crippen LogP contribution in [0.15, 0.2) is 30.3 Å². The first-order valence-corrected chi connectivity index (χ1v) is 7.81. The molecule has 0 heterocycles. The predicted octanol–water partition coefficient (Wildman–Crippen LogP) is 4.06. The molecule has 0 aliphatic heterocycles. The molecule has 3 N–H and O–H groups in total. The molecule has 0 saturated heterocycles. The fraction of sp³-hybridized carbons (Fsp3) is 0.647. The van der Waals surface area contributed by atoms with Gasteiger partial charge in [0.25, 0.3) is 0 Å². The Hall–Kier alpha value is -0.860. The number of unbranched alkanes of at least 4 members (excludes halogenated alkanes) is 1. The SMILES string of the molecule is CCCCC(CC)C(CCCc1ccccc1)NN. The number of nitrogens with one attached hydrogen (secondary N) is 1. The van der Waals surface area contributed by atoms with Gasteiger partial charge in [-0.3, -0.25) is 11.3 Å². The highest BCUT2D eigenvalue weighted by Gasteiger charge is 2.17. The van der Waals surface area contributed by atoms with Crippen LogP contribution in [0.4, 0.5) is 0 Å². The largest absolute Gasteiger partial charge is 0.271 e. The average molecular weight is 262 g/mol. The smallest absolute Gasteiger partial charge is 0.0238 e. The molecule has 2 unspecified atom stereocenters. The van der Waals surface area contributed by atoms with Crippen molar-refractivity contribution in [1.82, 2.24) is 5.43 Å². The Labute approximate surface area is 118 Å². The Kier molecular flexibility index (Phi) is 8.52. The summed E-state index contributed by atoms with van der Waals surface area (Å²) < 4.78 is 0. The first kappa shape index (κ1) is 16.2. The number of aryl methyl sites for hydroxylation is 1. The van der Waals surface area contributed by atoms with Gasteiger partial charge in [0.1, 0.15) is 0 Å². The third kappa shape index (κ3) is 6.22. The zero-order chi connectivity index (χ0) is 13.9. The van der Waals surface area contributed by atoms with E-state index in [0.29, 0.717) is 6.04 Å².